The highest BCUT2D eigenvalue weighted by molar-refractivity contribution is 5.88. The van der Waals surface area contributed by atoms with E-state index in [9.17, 15) is 14.7 Å². The van der Waals surface area contributed by atoms with Crippen molar-refractivity contribution in [1.82, 2.24) is 10.3 Å². The van der Waals surface area contributed by atoms with Gasteiger partial charge in [-0.15, -0.1) is 12.4 Å². The lowest BCUT2D eigenvalue weighted by molar-refractivity contribution is -0.142. The molecular formula is C17H24ClN3O3. The number of benzene rings is 1. The second-order valence-electron chi connectivity index (χ2n) is 6.20. The summed E-state index contributed by atoms with van der Waals surface area (Å²) < 4.78 is 0. The van der Waals surface area contributed by atoms with Crippen molar-refractivity contribution in [2.24, 2.45) is 11.7 Å². The van der Waals surface area contributed by atoms with Gasteiger partial charge in [0.1, 0.15) is 6.04 Å². The number of halogens is 1. The van der Waals surface area contributed by atoms with Crippen LogP contribution < -0.4 is 11.1 Å². The van der Waals surface area contributed by atoms with Crippen molar-refractivity contribution in [1.29, 1.82) is 0 Å². The summed E-state index contributed by atoms with van der Waals surface area (Å²) in [6, 6.07) is 5.95. The van der Waals surface area contributed by atoms with Crippen LogP contribution in [0.2, 0.25) is 0 Å². The summed E-state index contributed by atoms with van der Waals surface area (Å²) in [6.07, 6.45) is 2.51. The highest BCUT2D eigenvalue weighted by atomic mass is 35.5. The van der Waals surface area contributed by atoms with Crippen molar-refractivity contribution in [2.45, 2.75) is 38.8 Å². The molecule has 1 aromatic heterocycles. The summed E-state index contributed by atoms with van der Waals surface area (Å²) in [5.41, 5.74) is 7.61. The number of nitrogens with two attached hydrogens (primary N) is 1. The van der Waals surface area contributed by atoms with Crippen LogP contribution in [-0.2, 0) is 16.0 Å². The molecule has 2 unspecified atom stereocenters. The molecule has 0 spiro atoms. The molecule has 0 aliphatic rings. The van der Waals surface area contributed by atoms with Crippen LogP contribution in [0.25, 0.3) is 10.9 Å². The molecule has 2 aromatic rings. The maximum absolute atomic E-state index is 12.1. The van der Waals surface area contributed by atoms with Crippen LogP contribution in [0.1, 0.15) is 25.8 Å². The average molecular weight is 354 g/mol. The van der Waals surface area contributed by atoms with E-state index in [-0.39, 0.29) is 24.7 Å². The Hall–Kier alpha value is -2.05. The molecule has 0 saturated heterocycles. The number of aromatic nitrogens is 1. The van der Waals surface area contributed by atoms with E-state index in [4.69, 9.17) is 5.73 Å². The van der Waals surface area contributed by atoms with Crippen LogP contribution in [-0.4, -0.2) is 34.1 Å². The smallest absolute Gasteiger partial charge is 0.326 e. The first-order valence-corrected chi connectivity index (χ1v) is 7.72. The number of fused-ring (bicyclic) bond motifs is 1. The minimum atomic E-state index is -1.07. The number of para-hydroxylation sites is 1. The number of H-pyrrole nitrogens is 1. The van der Waals surface area contributed by atoms with Crippen molar-refractivity contribution in [2.75, 3.05) is 0 Å². The van der Waals surface area contributed by atoms with Crippen molar-refractivity contribution in [3.63, 3.8) is 0 Å². The number of nitrogens with one attached hydrogen (secondary N) is 2. The predicted octanol–water partition coefficient (Wildman–Crippen LogP) is 2.07. The Bertz CT molecular complexity index is 699. The second-order valence-corrected chi connectivity index (χ2v) is 6.20. The summed E-state index contributed by atoms with van der Waals surface area (Å²) in [5.74, 6) is -1.22. The monoisotopic (exact) mass is 353 g/mol. The number of amides is 1. The fourth-order valence-electron chi connectivity index (χ4n) is 2.61. The normalized spacial score (nSPS) is 13.3. The topological polar surface area (TPSA) is 108 Å². The number of carboxylic acids is 1. The molecule has 0 saturated carbocycles. The Morgan fingerprint density at radius 3 is 2.58 bits per heavy atom. The molecule has 0 fully saturated rings. The van der Waals surface area contributed by atoms with Crippen molar-refractivity contribution < 1.29 is 14.7 Å². The summed E-state index contributed by atoms with van der Waals surface area (Å²) in [4.78, 5) is 26.7. The first kappa shape index (κ1) is 20.0. The van der Waals surface area contributed by atoms with Crippen LogP contribution in [0.3, 0.4) is 0 Å². The molecule has 0 aliphatic heterocycles. The lowest BCUT2D eigenvalue weighted by Crippen LogP contribution is -2.49. The molecule has 24 heavy (non-hydrogen) atoms. The third-order valence-corrected chi connectivity index (χ3v) is 3.78. The zero-order valence-corrected chi connectivity index (χ0v) is 14.6. The summed E-state index contributed by atoms with van der Waals surface area (Å²) >= 11 is 0. The summed E-state index contributed by atoms with van der Waals surface area (Å²) in [7, 11) is 0. The quantitative estimate of drug-likeness (QED) is 0.611. The molecule has 1 aromatic carbocycles. The van der Waals surface area contributed by atoms with E-state index < -0.39 is 24.0 Å². The van der Waals surface area contributed by atoms with Gasteiger partial charge in [0.2, 0.25) is 5.91 Å². The zero-order valence-electron chi connectivity index (χ0n) is 13.8. The molecular weight excluding hydrogens is 330 g/mol. The van der Waals surface area contributed by atoms with Gasteiger partial charge in [0.15, 0.2) is 0 Å². The molecule has 7 heteroatoms. The van der Waals surface area contributed by atoms with E-state index in [1.54, 1.807) is 6.20 Å². The molecule has 0 aliphatic carbocycles. The van der Waals surface area contributed by atoms with Gasteiger partial charge in [0.25, 0.3) is 0 Å². The van der Waals surface area contributed by atoms with E-state index in [1.165, 1.54) is 0 Å². The van der Waals surface area contributed by atoms with Crippen LogP contribution >= 0.6 is 12.4 Å². The molecule has 0 bridgehead atoms. The van der Waals surface area contributed by atoms with Crippen LogP contribution in [0.5, 0.6) is 0 Å². The largest absolute Gasteiger partial charge is 0.480 e. The van der Waals surface area contributed by atoms with Crippen molar-refractivity contribution >= 4 is 35.2 Å². The van der Waals surface area contributed by atoms with Gasteiger partial charge in [0.05, 0.1) is 6.04 Å². The zero-order chi connectivity index (χ0) is 17.0. The van der Waals surface area contributed by atoms with E-state index >= 15 is 0 Å². The standard InChI is InChI=1S/C17H23N3O3.ClH/c1-10(2)7-13(18)16(21)20-15(17(22)23)8-11-9-19-14-6-4-3-5-12(11)14;/h3-6,9-10,13,15,19H,7-8,18H2,1-2H3,(H,20,21)(H,22,23);1H. The van der Waals surface area contributed by atoms with E-state index in [0.717, 1.165) is 16.5 Å². The summed E-state index contributed by atoms with van der Waals surface area (Å²) in [5, 5.41) is 12.9. The number of carbonyl (C=O) groups excluding carboxylic acids is 1. The van der Waals surface area contributed by atoms with Crippen LogP contribution in [0, 0.1) is 5.92 Å². The number of hydrogen-bond acceptors (Lipinski definition) is 3. The lowest BCUT2D eigenvalue weighted by Gasteiger charge is -2.18. The van der Waals surface area contributed by atoms with Gasteiger partial charge >= 0.3 is 5.97 Å². The van der Waals surface area contributed by atoms with Crippen LogP contribution in [0.4, 0.5) is 0 Å². The van der Waals surface area contributed by atoms with Crippen molar-refractivity contribution in [3.8, 4) is 0 Å². The van der Waals surface area contributed by atoms with Crippen molar-refractivity contribution in [3.05, 3.63) is 36.0 Å². The minimum absolute atomic E-state index is 0. The Balaban J connectivity index is 0.00000288. The first-order chi connectivity index (χ1) is 10.9. The Labute approximate surface area is 147 Å². The molecule has 5 N–H and O–H groups in total. The molecule has 2 rings (SSSR count). The summed E-state index contributed by atoms with van der Waals surface area (Å²) in [6.45, 7) is 3.93. The molecule has 2 atom stereocenters. The number of aromatic amines is 1. The molecule has 0 radical (unpaired) electrons. The highest BCUT2D eigenvalue weighted by Gasteiger charge is 2.24. The molecule has 6 nitrogen and oxygen atoms in total. The van der Waals surface area contributed by atoms with Gasteiger partial charge in [-0.05, 0) is 24.0 Å². The van der Waals surface area contributed by atoms with E-state index in [2.05, 4.69) is 10.3 Å². The number of rotatable bonds is 7. The minimum Gasteiger partial charge on any atom is -0.480 e. The average Bonchev–Trinajstić information content (AvgIpc) is 2.89. The second kappa shape index (κ2) is 8.70. The van der Waals surface area contributed by atoms with Gasteiger partial charge < -0.3 is 21.1 Å². The molecule has 1 heterocycles. The maximum atomic E-state index is 12.1. The third kappa shape index (κ3) is 4.97. The number of carboxylic acid groups (broad SMARTS) is 1. The van der Waals surface area contributed by atoms with E-state index in [0.29, 0.717) is 6.42 Å². The maximum Gasteiger partial charge on any atom is 0.326 e. The predicted molar refractivity (Wildman–Crippen MR) is 96.2 cm³/mol. The Morgan fingerprint density at radius 1 is 1.29 bits per heavy atom. The Kier molecular flexibility index (Phi) is 7.25. The third-order valence-electron chi connectivity index (χ3n) is 3.78. The van der Waals surface area contributed by atoms with Gasteiger partial charge in [-0.3, -0.25) is 4.79 Å². The van der Waals surface area contributed by atoms with Gasteiger partial charge in [-0.25, -0.2) is 4.79 Å². The lowest BCUT2D eigenvalue weighted by atomic mass is 10.0. The first-order valence-electron chi connectivity index (χ1n) is 7.72. The SMILES string of the molecule is CC(C)CC(N)C(=O)NC(Cc1c[nH]c2ccccc12)C(=O)O.Cl. The molecule has 1 amide bonds. The Morgan fingerprint density at radius 2 is 1.96 bits per heavy atom. The van der Waals surface area contributed by atoms with Gasteiger partial charge in [-0.1, -0.05) is 32.0 Å². The number of carbonyl (C=O) groups is 2. The van der Waals surface area contributed by atoms with Crippen LogP contribution in [0.15, 0.2) is 30.5 Å². The molecule has 132 valence electrons. The van der Waals surface area contributed by atoms with Gasteiger partial charge in [0, 0.05) is 23.5 Å². The van der Waals surface area contributed by atoms with E-state index in [1.807, 2.05) is 38.1 Å². The van der Waals surface area contributed by atoms with Gasteiger partial charge in [-0.2, -0.15) is 0 Å². The number of hydrogen-bond donors (Lipinski definition) is 4. The highest BCUT2D eigenvalue weighted by Crippen LogP contribution is 2.19. The fourth-order valence-corrected chi connectivity index (χ4v) is 2.61. The fraction of sp³-hybridized carbons (Fsp3) is 0.412. The number of aliphatic carboxylic acids is 1.